The van der Waals surface area contributed by atoms with Gasteiger partial charge >= 0.3 is 0 Å². The van der Waals surface area contributed by atoms with E-state index in [-0.39, 0.29) is 0 Å². The van der Waals surface area contributed by atoms with Crippen LogP contribution in [0.3, 0.4) is 0 Å². The molecule has 0 fully saturated rings. The Morgan fingerprint density at radius 3 is 1.64 bits per heavy atom. The summed E-state index contributed by atoms with van der Waals surface area (Å²) in [4.78, 5) is 4.54. The molecule has 0 aliphatic carbocycles. The predicted molar refractivity (Wildman–Crippen MR) is 50.9 cm³/mol. The number of hydrogen-bond donors (Lipinski definition) is 0. The molecule has 1 unspecified atom stereocenters. The maximum absolute atomic E-state index is 2.30. The Morgan fingerprint density at radius 2 is 1.55 bits per heavy atom. The molecule has 0 aliphatic rings. The van der Waals surface area contributed by atoms with E-state index in [1.165, 1.54) is 6.42 Å². The van der Waals surface area contributed by atoms with Crippen LogP contribution in [0.1, 0.15) is 20.3 Å². The molecular weight excluding hydrogens is 136 g/mol. The van der Waals surface area contributed by atoms with Gasteiger partial charge in [-0.1, -0.05) is 6.92 Å². The highest BCUT2D eigenvalue weighted by Gasteiger charge is 2.24. The van der Waals surface area contributed by atoms with Crippen LogP contribution in [0.4, 0.5) is 0 Å². The third kappa shape index (κ3) is 3.21. The molecule has 0 rings (SSSR count). The van der Waals surface area contributed by atoms with E-state index in [4.69, 9.17) is 0 Å². The normalized spacial score (nSPS) is 17.5. The fraction of sp³-hybridized carbons (Fsp3) is 1.00. The lowest BCUT2D eigenvalue weighted by atomic mass is 9.97. The number of hydrogen-bond acceptors (Lipinski definition) is 2. The lowest BCUT2D eigenvalue weighted by Gasteiger charge is -2.37. The van der Waals surface area contributed by atoms with Gasteiger partial charge in [0.05, 0.1) is 0 Å². The molecule has 2 nitrogen and oxygen atoms in total. The fourth-order valence-corrected chi connectivity index (χ4v) is 1.25. The molecule has 0 saturated heterocycles. The van der Waals surface area contributed by atoms with E-state index >= 15 is 0 Å². The average Bonchev–Trinajstić information content (AvgIpc) is 1.86. The zero-order valence-electron chi connectivity index (χ0n) is 8.81. The summed E-state index contributed by atoms with van der Waals surface area (Å²) in [7, 11) is 8.54. The van der Waals surface area contributed by atoms with Crippen molar-refractivity contribution in [2.45, 2.75) is 25.8 Å². The van der Waals surface area contributed by atoms with Crippen molar-refractivity contribution in [3.63, 3.8) is 0 Å². The van der Waals surface area contributed by atoms with E-state index in [2.05, 4.69) is 51.8 Å². The van der Waals surface area contributed by atoms with Crippen LogP contribution in [0, 0.1) is 0 Å². The lowest BCUT2D eigenvalue weighted by molar-refractivity contribution is 0.124. The summed E-state index contributed by atoms with van der Waals surface area (Å²) in [6.07, 6.45) is 1.19. The summed E-state index contributed by atoms with van der Waals surface area (Å²) in [5.41, 5.74) is 0.323. The van der Waals surface area contributed by atoms with Crippen molar-refractivity contribution >= 4 is 0 Å². The van der Waals surface area contributed by atoms with Crippen molar-refractivity contribution in [2.75, 3.05) is 34.7 Å². The van der Waals surface area contributed by atoms with Crippen molar-refractivity contribution in [2.24, 2.45) is 0 Å². The van der Waals surface area contributed by atoms with E-state index in [1.54, 1.807) is 0 Å². The van der Waals surface area contributed by atoms with Gasteiger partial charge in [-0.3, -0.25) is 0 Å². The summed E-state index contributed by atoms with van der Waals surface area (Å²) in [5, 5.41) is 0. The first-order valence-corrected chi connectivity index (χ1v) is 4.24. The molecular formula is C9H22N2. The van der Waals surface area contributed by atoms with E-state index in [0.29, 0.717) is 5.54 Å². The molecule has 0 aromatic carbocycles. The Balaban J connectivity index is 4.10. The smallest absolute Gasteiger partial charge is 0.0299 e. The third-order valence-electron chi connectivity index (χ3n) is 2.50. The van der Waals surface area contributed by atoms with Gasteiger partial charge in [0.15, 0.2) is 0 Å². The maximum atomic E-state index is 2.30. The van der Waals surface area contributed by atoms with Gasteiger partial charge < -0.3 is 9.80 Å². The van der Waals surface area contributed by atoms with Gasteiger partial charge in [0, 0.05) is 12.1 Å². The van der Waals surface area contributed by atoms with Gasteiger partial charge in [-0.05, 0) is 41.5 Å². The lowest BCUT2D eigenvalue weighted by Crippen LogP contribution is -2.48. The summed E-state index contributed by atoms with van der Waals surface area (Å²) in [6, 6.07) is 0. The molecule has 0 aromatic heterocycles. The zero-order chi connectivity index (χ0) is 9.07. The molecule has 0 aromatic rings. The van der Waals surface area contributed by atoms with Gasteiger partial charge in [0.2, 0.25) is 0 Å². The van der Waals surface area contributed by atoms with Gasteiger partial charge in [0.1, 0.15) is 0 Å². The molecule has 0 bridgehead atoms. The Kier molecular flexibility index (Phi) is 4.04. The highest BCUT2D eigenvalue weighted by molar-refractivity contribution is 4.83. The van der Waals surface area contributed by atoms with Crippen LogP contribution in [0.15, 0.2) is 0 Å². The molecule has 0 heterocycles. The van der Waals surface area contributed by atoms with Crippen LogP contribution in [-0.2, 0) is 0 Å². The van der Waals surface area contributed by atoms with Gasteiger partial charge in [-0.25, -0.2) is 0 Å². The summed E-state index contributed by atoms with van der Waals surface area (Å²) < 4.78 is 0. The van der Waals surface area contributed by atoms with Crippen molar-refractivity contribution in [1.29, 1.82) is 0 Å². The summed E-state index contributed by atoms with van der Waals surface area (Å²) in [6.45, 7) is 5.66. The van der Waals surface area contributed by atoms with Crippen molar-refractivity contribution in [3.8, 4) is 0 Å². The minimum atomic E-state index is 0.323. The quantitative estimate of drug-likeness (QED) is 0.608. The van der Waals surface area contributed by atoms with Crippen LogP contribution in [-0.4, -0.2) is 50.1 Å². The van der Waals surface area contributed by atoms with E-state index in [9.17, 15) is 0 Å². The Hall–Kier alpha value is -0.0800. The molecule has 1 atom stereocenters. The third-order valence-corrected chi connectivity index (χ3v) is 2.50. The molecule has 2 heteroatoms. The van der Waals surface area contributed by atoms with Crippen molar-refractivity contribution in [3.05, 3.63) is 0 Å². The van der Waals surface area contributed by atoms with E-state index in [0.717, 1.165) is 6.54 Å². The number of rotatable bonds is 4. The second kappa shape index (κ2) is 4.07. The Morgan fingerprint density at radius 1 is 1.09 bits per heavy atom. The molecule has 11 heavy (non-hydrogen) atoms. The first-order chi connectivity index (χ1) is 4.92. The molecule has 0 spiro atoms. The van der Waals surface area contributed by atoms with Crippen LogP contribution < -0.4 is 0 Å². The first-order valence-electron chi connectivity index (χ1n) is 4.24. The highest BCUT2D eigenvalue weighted by atomic mass is 15.2. The molecule has 0 aliphatic heterocycles. The molecule has 0 N–H and O–H groups in total. The first kappa shape index (κ1) is 10.9. The molecule has 0 radical (unpaired) electrons. The largest absolute Gasteiger partial charge is 0.308 e. The Labute approximate surface area is 71.2 Å². The second-order valence-corrected chi connectivity index (χ2v) is 3.98. The van der Waals surface area contributed by atoms with Gasteiger partial charge in [0.25, 0.3) is 0 Å². The zero-order valence-corrected chi connectivity index (χ0v) is 8.81. The summed E-state index contributed by atoms with van der Waals surface area (Å²) >= 11 is 0. The van der Waals surface area contributed by atoms with Crippen LogP contribution in [0.25, 0.3) is 0 Å². The maximum Gasteiger partial charge on any atom is 0.0299 e. The van der Waals surface area contributed by atoms with Gasteiger partial charge in [-0.2, -0.15) is 0 Å². The molecule has 0 saturated carbocycles. The van der Waals surface area contributed by atoms with Crippen LogP contribution in [0.5, 0.6) is 0 Å². The molecule has 68 valence electrons. The highest BCUT2D eigenvalue weighted by Crippen LogP contribution is 2.16. The van der Waals surface area contributed by atoms with Crippen molar-refractivity contribution < 1.29 is 0 Å². The van der Waals surface area contributed by atoms with Gasteiger partial charge in [-0.15, -0.1) is 0 Å². The number of likely N-dealkylation sites (N-methyl/N-ethyl adjacent to an activating group) is 2. The van der Waals surface area contributed by atoms with Crippen LogP contribution in [0.2, 0.25) is 0 Å². The number of nitrogens with zero attached hydrogens (tertiary/aromatic N) is 2. The van der Waals surface area contributed by atoms with E-state index in [1.807, 2.05) is 0 Å². The Bertz CT molecular complexity index is 110. The predicted octanol–water partition coefficient (Wildman–Crippen LogP) is 1.28. The standard InChI is InChI=1S/C9H22N2/c1-7-9(2,11(5)6)8-10(3)4/h7-8H2,1-6H3. The monoisotopic (exact) mass is 158 g/mol. The average molecular weight is 158 g/mol. The SMILES string of the molecule is CCC(C)(CN(C)C)N(C)C. The van der Waals surface area contributed by atoms with Crippen LogP contribution >= 0.6 is 0 Å². The van der Waals surface area contributed by atoms with E-state index < -0.39 is 0 Å². The van der Waals surface area contributed by atoms with Crippen molar-refractivity contribution in [1.82, 2.24) is 9.80 Å². The molecule has 0 amide bonds. The topological polar surface area (TPSA) is 6.48 Å². The minimum Gasteiger partial charge on any atom is -0.308 e. The second-order valence-electron chi connectivity index (χ2n) is 3.98. The summed E-state index contributed by atoms with van der Waals surface area (Å²) in [5.74, 6) is 0. The fourth-order valence-electron chi connectivity index (χ4n) is 1.25. The minimum absolute atomic E-state index is 0.323.